The molecular weight excluding hydrogens is 226 g/mol. The van der Waals surface area contributed by atoms with Gasteiger partial charge in [-0.1, -0.05) is 6.42 Å². The summed E-state index contributed by atoms with van der Waals surface area (Å²) in [6.07, 6.45) is 3.91. The number of hydrogen-bond donors (Lipinski definition) is 1. The third-order valence-electron chi connectivity index (χ3n) is 3.26. The van der Waals surface area contributed by atoms with Gasteiger partial charge in [0.1, 0.15) is 12.4 Å². The molecule has 0 unspecified atom stereocenters. The third-order valence-corrected chi connectivity index (χ3v) is 3.26. The standard InChI is InChI=1S/C14H19N3O/c15-11-12-4-5-13(16)14(10-12)18-9-8-17-6-2-1-3-7-17/h4-5,10H,1-3,6-9,16H2. The monoisotopic (exact) mass is 245 g/mol. The van der Waals surface area contributed by atoms with Crippen LogP contribution in [-0.4, -0.2) is 31.1 Å². The zero-order valence-electron chi connectivity index (χ0n) is 10.6. The summed E-state index contributed by atoms with van der Waals surface area (Å²) in [5.41, 5.74) is 6.99. The molecule has 0 aliphatic carbocycles. The summed E-state index contributed by atoms with van der Waals surface area (Å²) in [6.45, 7) is 3.88. The molecule has 1 aromatic carbocycles. The van der Waals surface area contributed by atoms with Crippen molar-refractivity contribution in [3.05, 3.63) is 23.8 Å². The Labute approximate surface area is 108 Å². The van der Waals surface area contributed by atoms with E-state index in [1.165, 1.54) is 19.3 Å². The van der Waals surface area contributed by atoms with Gasteiger partial charge in [0.25, 0.3) is 0 Å². The molecular formula is C14H19N3O. The fraction of sp³-hybridized carbons (Fsp3) is 0.500. The van der Waals surface area contributed by atoms with Gasteiger partial charge in [0.15, 0.2) is 0 Å². The lowest BCUT2D eigenvalue weighted by Crippen LogP contribution is -2.33. The Kier molecular flexibility index (Phi) is 4.43. The molecule has 2 N–H and O–H groups in total. The number of nitriles is 1. The summed E-state index contributed by atoms with van der Waals surface area (Å²) in [7, 11) is 0. The molecule has 0 amide bonds. The zero-order valence-corrected chi connectivity index (χ0v) is 10.6. The highest BCUT2D eigenvalue weighted by Crippen LogP contribution is 2.22. The van der Waals surface area contributed by atoms with Crippen LogP contribution >= 0.6 is 0 Å². The molecule has 0 radical (unpaired) electrons. The van der Waals surface area contributed by atoms with Crippen molar-refractivity contribution in [1.29, 1.82) is 5.26 Å². The number of nitrogen functional groups attached to an aromatic ring is 1. The molecule has 1 fully saturated rings. The number of benzene rings is 1. The summed E-state index contributed by atoms with van der Waals surface area (Å²) < 4.78 is 5.66. The van der Waals surface area contributed by atoms with E-state index in [2.05, 4.69) is 11.0 Å². The van der Waals surface area contributed by atoms with Gasteiger partial charge >= 0.3 is 0 Å². The zero-order chi connectivity index (χ0) is 12.8. The number of nitrogens with two attached hydrogens (primary N) is 1. The van der Waals surface area contributed by atoms with Gasteiger partial charge < -0.3 is 10.5 Å². The Bertz CT molecular complexity index is 433. The fourth-order valence-electron chi connectivity index (χ4n) is 2.20. The minimum Gasteiger partial charge on any atom is -0.490 e. The van der Waals surface area contributed by atoms with Gasteiger partial charge in [0.2, 0.25) is 0 Å². The van der Waals surface area contributed by atoms with Crippen LogP contribution in [-0.2, 0) is 0 Å². The Hall–Kier alpha value is -1.73. The summed E-state index contributed by atoms with van der Waals surface area (Å²) in [5.74, 6) is 0.617. The van der Waals surface area contributed by atoms with E-state index in [0.717, 1.165) is 19.6 Å². The van der Waals surface area contributed by atoms with E-state index >= 15 is 0 Å². The van der Waals surface area contributed by atoms with E-state index in [-0.39, 0.29) is 0 Å². The fourth-order valence-corrected chi connectivity index (χ4v) is 2.20. The molecule has 1 aromatic rings. The number of hydrogen-bond acceptors (Lipinski definition) is 4. The lowest BCUT2D eigenvalue weighted by atomic mass is 10.1. The number of nitrogens with zero attached hydrogens (tertiary/aromatic N) is 2. The molecule has 1 aliphatic rings. The van der Waals surface area contributed by atoms with Crippen LogP contribution in [0.25, 0.3) is 0 Å². The van der Waals surface area contributed by atoms with Crippen molar-refractivity contribution in [2.24, 2.45) is 0 Å². The maximum atomic E-state index is 8.83. The summed E-state index contributed by atoms with van der Waals surface area (Å²) >= 11 is 0. The van der Waals surface area contributed by atoms with Crippen LogP contribution in [0.4, 0.5) is 5.69 Å². The van der Waals surface area contributed by atoms with Gasteiger partial charge in [-0.15, -0.1) is 0 Å². The van der Waals surface area contributed by atoms with Crippen LogP contribution in [0.3, 0.4) is 0 Å². The van der Waals surface area contributed by atoms with Crippen molar-refractivity contribution in [3.8, 4) is 11.8 Å². The van der Waals surface area contributed by atoms with E-state index in [1.54, 1.807) is 18.2 Å². The first-order valence-electron chi connectivity index (χ1n) is 6.44. The molecule has 1 heterocycles. The first kappa shape index (κ1) is 12.7. The first-order valence-corrected chi connectivity index (χ1v) is 6.44. The molecule has 0 aromatic heterocycles. The van der Waals surface area contributed by atoms with Gasteiger partial charge in [0.05, 0.1) is 17.3 Å². The Balaban J connectivity index is 1.84. The Morgan fingerprint density at radius 1 is 1.28 bits per heavy atom. The van der Waals surface area contributed by atoms with E-state index < -0.39 is 0 Å². The molecule has 0 saturated carbocycles. The third kappa shape index (κ3) is 3.38. The molecule has 2 rings (SSSR count). The number of piperidine rings is 1. The van der Waals surface area contributed by atoms with E-state index in [0.29, 0.717) is 23.6 Å². The van der Waals surface area contributed by atoms with Gasteiger partial charge in [0, 0.05) is 12.6 Å². The Morgan fingerprint density at radius 3 is 2.78 bits per heavy atom. The molecule has 1 saturated heterocycles. The average Bonchev–Trinajstić information content (AvgIpc) is 2.42. The van der Waals surface area contributed by atoms with Crippen molar-refractivity contribution in [3.63, 3.8) is 0 Å². The van der Waals surface area contributed by atoms with Gasteiger partial charge in [-0.25, -0.2) is 0 Å². The van der Waals surface area contributed by atoms with E-state index in [4.69, 9.17) is 15.7 Å². The molecule has 4 nitrogen and oxygen atoms in total. The van der Waals surface area contributed by atoms with Crippen molar-refractivity contribution in [2.75, 3.05) is 32.0 Å². The van der Waals surface area contributed by atoms with Crippen molar-refractivity contribution in [2.45, 2.75) is 19.3 Å². The lowest BCUT2D eigenvalue weighted by molar-refractivity contribution is 0.184. The predicted molar refractivity (Wildman–Crippen MR) is 71.4 cm³/mol. The van der Waals surface area contributed by atoms with Crippen LogP contribution in [0.15, 0.2) is 18.2 Å². The second-order valence-electron chi connectivity index (χ2n) is 4.62. The summed E-state index contributed by atoms with van der Waals surface area (Å²) in [5, 5.41) is 8.83. The molecule has 4 heteroatoms. The summed E-state index contributed by atoms with van der Waals surface area (Å²) in [4.78, 5) is 2.41. The minimum atomic E-state index is 0.581. The lowest BCUT2D eigenvalue weighted by Gasteiger charge is -2.26. The largest absolute Gasteiger partial charge is 0.490 e. The van der Waals surface area contributed by atoms with Crippen molar-refractivity contribution >= 4 is 5.69 Å². The van der Waals surface area contributed by atoms with Crippen molar-refractivity contribution in [1.82, 2.24) is 4.90 Å². The maximum absolute atomic E-state index is 8.83. The molecule has 0 atom stereocenters. The van der Waals surface area contributed by atoms with Crippen LogP contribution in [0.5, 0.6) is 5.75 Å². The highest BCUT2D eigenvalue weighted by molar-refractivity contribution is 5.55. The van der Waals surface area contributed by atoms with Crippen LogP contribution in [0, 0.1) is 11.3 Å². The summed E-state index contributed by atoms with van der Waals surface area (Å²) in [6, 6.07) is 7.21. The van der Waals surface area contributed by atoms with Crippen LogP contribution in [0.1, 0.15) is 24.8 Å². The van der Waals surface area contributed by atoms with Crippen molar-refractivity contribution < 1.29 is 4.74 Å². The molecule has 18 heavy (non-hydrogen) atoms. The average molecular weight is 245 g/mol. The minimum absolute atomic E-state index is 0.581. The number of likely N-dealkylation sites (tertiary alicyclic amines) is 1. The highest BCUT2D eigenvalue weighted by Gasteiger charge is 2.10. The Morgan fingerprint density at radius 2 is 2.06 bits per heavy atom. The van der Waals surface area contributed by atoms with Crippen LogP contribution < -0.4 is 10.5 Å². The molecule has 96 valence electrons. The first-order chi connectivity index (χ1) is 8.79. The molecule has 1 aliphatic heterocycles. The normalized spacial score (nSPS) is 16.2. The quantitative estimate of drug-likeness (QED) is 0.824. The van der Waals surface area contributed by atoms with E-state index in [1.807, 2.05) is 0 Å². The second-order valence-corrected chi connectivity index (χ2v) is 4.62. The number of rotatable bonds is 4. The van der Waals surface area contributed by atoms with E-state index in [9.17, 15) is 0 Å². The van der Waals surface area contributed by atoms with Gasteiger partial charge in [-0.3, -0.25) is 4.90 Å². The predicted octanol–water partition coefficient (Wildman–Crippen LogP) is 2.01. The maximum Gasteiger partial charge on any atom is 0.143 e. The smallest absolute Gasteiger partial charge is 0.143 e. The molecule has 0 spiro atoms. The number of anilines is 1. The van der Waals surface area contributed by atoms with Gasteiger partial charge in [-0.2, -0.15) is 5.26 Å². The van der Waals surface area contributed by atoms with Gasteiger partial charge in [-0.05, 0) is 38.1 Å². The molecule has 0 bridgehead atoms. The highest BCUT2D eigenvalue weighted by atomic mass is 16.5. The topological polar surface area (TPSA) is 62.3 Å². The number of ether oxygens (including phenoxy) is 1. The van der Waals surface area contributed by atoms with Crippen LogP contribution in [0.2, 0.25) is 0 Å². The second kappa shape index (κ2) is 6.27. The SMILES string of the molecule is N#Cc1ccc(N)c(OCCN2CCCCC2)c1.